The number of methoxy groups -OCH3 is 1. The number of para-hydroxylation sites is 1. The van der Waals surface area contributed by atoms with E-state index in [9.17, 15) is 9.59 Å². The maximum Gasteiger partial charge on any atom is 0.290 e. The van der Waals surface area contributed by atoms with Crippen LogP contribution in [0.5, 0.6) is 11.5 Å². The van der Waals surface area contributed by atoms with Crippen LogP contribution in [0.25, 0.3) is 11.0 Å². The van der Waals surface area contributed by atoms with Crippen molar-refractivity contribution in [2.75, 3.05) is 20.8 Å². The largest absolute Gasteiger partial charge is 0.493 e. The molecular formula is C22H21NO5. The summed E-state index contributed by atoms with van der Waals surface area (Å²) in [5.74, 6) is 0.978. The van der Waals surface area contributed by atoms with Crippen molar-refractivity contribution in [3.63, 3.8) is 0 Å². The second-order valence-electron chi connectivity index (χ2n) is 6.75. The fraction of sp³-hybridized carbons (Fsp3) is 0.273. The highest BCUT2D eigenvalue weighted by molar-refractivity contribution is 5.98. The van der Waals surface area contributed by atoms with Gasteiger partial charge < -0.3 is 18.8 Å². The standard InChI is InChI=1S/C22H21NO5/c1-4-11-27-16-10-9-13(12-17(16)26-3)19-18-20(24)14-7-5-6-8-15(14)28-21(18)22(25)23(19)2/h5-10,12,19H,4,11H2,1-3H3. The molecule has 1 aromatic heterocycles. The molecule has 0 aliphatic carbocycles. The number of hydrogen-bond donors (Lipinski definition) is 0. The lowest BCUT2D eigenvalue weighted by molar-refractivity contribution is 0.0771. The minimum atomic E-state index is -0.544. The van der Waals surface area contributed by atoms with E-state index in [1.807, 2.05) is 25.1 Å². The highest BCUT2D eigenvalue weighted by Gasteiger charge is 2.40. The Morgan fingerprint density at radius 3 is 2.64 bits per heavy atom. The van der Waals surface area contributed by atoms with Gasteiger partial charge in [0, 0.05) is 7.05 Å². The molecule has 1 unspecified atom stereocenters. The molecule has 0 fully saturated rings. The number of rotatable bonds is 5. The van der Waals surface area contributed by atoms with Crippen LogP contribution in [-0.4, -0.2) is 31.6 Å². The van der Waals surface area contributed by atoms with Crippen molar-refractivity contribution in [3.8, 4) is 11.5 Å². The molecule has 0 spiro atoms. The Labute approximate surface area is 162 Å². The minimum Gasteiger partial charge on any atom is -0.493 e. The van der Waals surface area contributed by atoms with Crippen molar-refractivity contribution in [1.29, 1.82) is 0 Å². The van der Waals surface area contributed by atoms with Gasteiger partial charge in [0.2, 0.25) is 5.76 Å². The van der Waals surface area contributed by atoms with E-state index in [-0.39, 0.29) is 17.1 Å². The lowest BCUT2D eigenvalue weighted by Gasteiger charge is -2.21. The van der Waals surface area contributed by atoms with Crippen molar-refractivity contribution >= 4 is 16.9 Å². The monoisotopic (exact) mass is 379 g/mol. The van der Waals surface area contributed by atoms with Crippen LogP contribution in [0.3, 0.4) is 0 Å². The van der Waals surface area contributed by atoms with E-state index in [1.54, 1.807) is 38.4 Å². The molecule has 6 heteroatoms. The molecule has 144 valence electrons. The molecule has 0 N–H and O–H groups in total. The maximum absolute atomic E-state index is 13.2. The molecule has 3 aromatic rings. The molecule has 0 radical (unpaired) electrons. The number of hydrogen-bond acceptors (Lipinski definition) is 5. The van der Waals surface area contributed by atoms with Crippen molar-refractivity contribution in [2.24, 2.45) is 0 Å². The van der Waals surface area contributed by atoms with Crippen LogP contribution < -0.4 is 14.9 Å². The summed E-state index contributed by atoms with van der Waals surface area (Å²) in [6.07, 6.45) is 0.881. The van der Waals surface area contributed by atoms with Gasteiger partial charge in [-0.15, -0.1) is 0 Å². The van der Waals surface area contributed by atoms with E-state index >= 15 is 0 Å². The minimum absolute atomic E-state index is 0.0986. The Balaban J connectivity index is 1.87. The number of amides is 1. The van der Waals surface area contributed by atoms with Crippen LogP contribution in [0.2, 0.25) is 0 Å². The Morgan fingerprint density at radius 2 is 1.89 bits per heavy atom. The van der Waals surface area contributed by atoms with E-state index in [2.05, 4.69) is 0 Å². The first-order valence-electron chi connectivity index (χ1n) is 9.20. The van der Waals surface area contributed by atoms with Gasteiger partial charge in [0.05, 0.1) is 30.7 Å². The second kappa shape index (κ2) is 7.03. The molecule has 28 heavy (non-hydrogen) atoms. The predicted molar refractivity (Wildman–Crippen MR) is 105 cm³/mol. The first-order valence-corrected chi connectivity index (χ1v) is 9.20. The number of carbonyl (C=O) groups is 1. The molecule has 1 aliphatic rings. The van der Waals surface area contributed by atoms with E-state index in [0.717, 1.165) is 12.0 Å². The fourth-order valence-corrected chi connectivity index (χ4v) is 3.61. The third kappa shape index (κ3) is 2.72. The van der Waals surface area contributed by atoms with Gasteiger partial charge in [-0.25, -0.2) is 0 Å². The summed E-state index contributed by atoms with van der Waals surface area (Å²) in [5.41, 5.74) is 1.34. The Kier molecular flexibility index (Phi) is 4.55. The summed E-state index contributed by atoms with van der Waals surface area (Å²) in [6, 6.07) is 11.9. The van der Waals surface area contributed by atoms with Crippen LogP contribution in [0.1, 0.15) is 41.1 Å². The van der Waals surface area contributed by atoms with Crippen LogP contribution in [0.15, 0.2) is 51.7 Å². The van der Waals surface area contributed by atoms with Crippen LogP contribution in [0.4, 0.5) is 0 Å². The zero-order valence-corrected chi connectivity index (χ0v) is 16.0. The van der Waals surface area contributed by atoms with Crippen molar-refractivity contribution in [1.82, 2.24) is 4.90 Å². The van der Waals surface area contributed by atoms with Gasteiger partial charge in [-0.05, 0) is 36.2 Å². The number of carbonyl (C=O) groups excluding carboxylic acids is 1. The summed E-state index contributed by atoms with van der Waals surface area (Å²) >= 11 is 0. The molecule has 1 aliphatic heterocycles. The Morgan fingerprint density at radius 1 is 1.11 bits per heavy atom. The average molecular weight is 379 g/mol. The normalized spacial score (nSPS) is 15.8. The molecule has 1 atom stereocenters. The lowest BCUT2D eigenvalue weighted by atomic mass is 9.98. The second-order valence-corrected chi connectivity index (χ2v) is 6.75. The van der Waals surface area contributed by atoms with Gasteiger partial charge in [0.15, 0.2) is 16.9 Å². The van der Waals surface area contributed by atoms with E-state index in [1.165, 1.54) is 4.90 Å². The fourth-order valence-electron chi connectivity index (χ4n) is 3.61. The summed E-state index contributed by atoms with van der Waals surface area (Å²) in [7, 11) is 3.23. The van der Waals surface area contributed by atoms with Gasteiger partial charge in [-0.1, -0.05) is 25.1 Å². The summed E-state index contributed by atoms with van der Waals surface area (Å²) in [5, 5.41) is 0.462. The van der Waals surface area contributed by atoms with Gasteiger partial charge in [0.25, 0.3) is 5.91 Å². The quantitative estimate of drug-likeness (QED) is 0.675. The average Bonchev–Trinajstić information content (AvgIpc) is 2.97. The number of benzene rings is 2. The zero-order valence-electron chi connectivity index (χ0n) is 16.0. The molecule has 0 saturated heterocycles. The molecule has 2 heterocycles. The molecule has 0 saturated carbocycles. The smallest absolute Gasteiger partial charge is 0.290 e. The number of nitrogens with zero attached hydrogens (tertiary/aromatic N) is 1. The van der Waals surface area contributed by atoms with E-state index in [0.29, 0.717) is 34.6 Å². The van der Waals surface area contributed by atoms with Gasteiger partial charge >= 0.3 is 0 Å². The first-order chi connectivity index (χ1) is 13.6. The molecule has 6 nitrogen and oxygen atoms in total. The number of ether oxygens (including phenoxy) is 2. The topological polar surface area (TPSA) is 69.0 Å². The molecule has 4 rings (SSSR count). The summed E-state index contributed by atoms with van der Waals surface area (Å²) in [4.78, 5) is 27.5. The predicted octanol–water partition coefficient (Wildman–Crippen LogP) is 3.77. The Bertz CT molecular complexity index is 1120. The highest BCUT2D eigenvalue weighted by atomic mass is 16.5. The SMILES string of the molecule is CCCOc1ccc(C2c3c(oc4ccccc4c3=O)C(=O)N2C)cc1OC. The third-order valence-corrected chi connectivity index (χ3v) is 4.97. The molecule has 1 amide bonds. The molecular weight excluding hydrogens is 358 g/mol. The summed E-state index contributed by atoms with van der Waals surface area (Å²) in [6.45, 7) is 2.61. The van der Waals surface area contributed by atoms with Gasteiger partial charge in [-0.3, -0.25) is 9.59 Å². The highest BCUT2D eigenvalue weighted by Crippen LogP contribution is 2.40. The van der Waals surface area contributed by atoms with Gasteiger partial charge in [0.1, 0.15) is 5.58 Å². The van der Waals surface area contributed by atoms with Crippen molar-refractivity contribution < 1.29 is 18.7 Å². The first kappa shape index (κ1) is 18.1. The van der Waals surface area contributed by atoms with E-state index < -0.39 is 6.04 Å². The Hall–Kier alpha value is -3.28. The van der Waals surface area contributed by atoms with Crippen molar-refractivity contribution in [3.05, 3.63) is 69.6 Å². The number of fused-ring (bicyclic) bond motifs is 2. The summed E-state index contributed by atoms with van der Waals surface area (Å²) < 4.78 is 17.0. The van der Waals surface area contributed by atoms with E-state index in [4.69, 9.17) is 13.9 Å². The van der Waals surface area contributed by atoms with Gasteiger partial charge in [-0.2, -0.15) is 0 Å². The van der Waals surface area contributed by atoms with Crippen molar-refractivity contribution in [2.45, 2.75) is 19.4 Å². The third-order valence-electron chi connectivity index (χ3n) is 4.97. The van der Waals surface area contributed by atoms with Crippen LogP contribution >= 0.6 is 0 Å². The maximum atomic E-state index is 13.2. The van der Waals surface area contributed by atoms with Crippen LogP contribution in [-0.2, 0) is 0 Å². The zero-order chi connectivity index (χ0) is 19.8. The molecule has 0 bridgehead atoms. The van der Waals surface area contributed by atoms with Crippen LogP contribution in [0, 0.1) is 0 Å². The molecule has 2 aromatic carbocycles. The lowest BCUT2D eigenvalue weighted by Crippen LogP contribution is -2.25.